The molecule has 1 aromatic carbocycles. The smallest absolute Gasteiger partial charge is 0.138 e. The maximum Gasteiger partial charge on any atom is 0.138 e. The number of ether oxygens (including phenoxy) is 1. The van der Waals surface area contributed by atoms with Crippen molar-refractivity contribution in [3.8, 4) is 5.75 Å². The predicted molar refractivity (Wildman–Crippen MR) is 83.8 cm³/mol. The second-order valence-corrected chi connectivity index (χ2v) is 5.44. The van der Waals surface area contributed by atoms with Crippen LogP contribution in [0.25, 0.3) is 10.9 Å². The number of aryl methyl sites for hydroxylation is 2. The Hall–Kier alpha value is -1.19. The van der Waals surface area contributed by atoms with Crippen LogP contribution in [0.5, 0.6) is 5.75 Å². The summed E-state index contributed by atoms with van der Waals surface area (Å²) < 4.78 is 7.50. The van der Waals surface area contributed by atoms with Gasteiger partial charge >= 0.3 is 0 Å². The van der Waals surface area contributed by atoms with Gasteiger partial charge in [0.05, 0.1) is 17.6 Å². The van der Waals surface area contributed by atoms with E-state index in [0.29, 0.717) is 5.02 Å². The van der Waals surface area contributed by atoms with Gasteiger partial charge < -0.3 is 14.4 Å². The molecule has 0 unspecified atom stereocenters. The SMILES string of the molecule is CCCCc1cn(CCCO)c2cc(Cl)c(OC)cc12. The van der Waals surface area contributed by atoms with Gasteiger partial charge in [-0.1, -0.05) is 24.9 Å². The highest BCUT2D eigenvalue weighted by molar-refractivity contribution is 6.32. The van der Waals surface area contributed by atoms with Crippen LogP contribution in [-0.2, 0) is 13.0 Å². The van der Waals surface area contributed by atoms with Crippen LogP contribution in [0.2, 0.25) is 5.02 Å². The molecule has 2 aromatic rings. The Bertz CT molecular complexity index is 577. The average molecular weight is 296 g/mol. The molecule has 0 saturated carbocycles. The third-order valence-electron chi connectivity index (χ3n) is 3.59. The average Bonchev–Trinajstić information content (AvgIpc) is 2.79. The number of rotatable bonds is 7. The molecule has 0 fully saturated rings. The normalized spacial score (nSPS) is 11.2. The van der Waals surface area contributed by atoms with Gasteiger partial charge in [0.15, 0.2) is 0 Å². The minimum absolute atomic E-state index is 0.202. The zero-order chi connectivity index (χ0) is 14.5. The second-order valence-electron chi connectivity index (χ2n) is 5.03. The number of aliphatic hydroxyl groups is 1. The Morgan fingerprint density at radius 2 is 2.10 bits per heavy atom. The highest BCUT2D eigenvalue weighted by Crippen LogP contribution is 2.33. The molecular formula is C16H22ClNO2. The van der Waals surface area contributed by atoms with Crippen molar-refractivity contribution in [2.24, 2.45) is 0 Å². The van der Waals surface area contributed by atoms with E-state index >= 15 is 0 Å². The van der Waals surface area contributed by atoms with Crippen molar-refractivity contribution < 1.29 is 9.84 Å². The molecule has 0 atom stereocenters. The monoisotopic (exact) mass is 295 g/mol. The van der Waals surface area contributed by atoms with Crippen LogP contribution in [0.3, 0.4) is 0 Å². The fraction of sp³-hybridized carbons (Fsp3) is 0.500. The first-order valence-electron chi connectivity index (χ1n) is 7.17. The Labute approximate surface area is 125 Å². The van der Waals surface area contributed by atoms with Crippen LogP contribution >= 0.6 is 11.6 Å². The molecule has 20 heavy (non-hydrogen) atoms. The van der Waals surface area contributed by atoms with Gasteiger partial charge in [-0.2, -0.15) is 0 Å². The summed E-state index contributed by atoms with van der Waals surface area (Å²) in [5.41, 5.74) is 2.45. The zero-order valence-electron chi connectivity index (χ0n) is 12.2. The summed E-state index contributed by atoms with van der Waals surface area (Å²) in [6.45, 7) is 3.21. The maximum atomic E-state index is 9.03. The molecule has 0 saturated heterocycles. The van der Waals surface area contributed by atoms with E-state index in [1.54, 1.807) is 7.11 Å². The minimum Gasteiger partial charge on any atom is -0.495 e. The van der Waals surface area contributed by atoms with E-state index in [0.717, 1.165) is 30.7 Å². The highest BCUT2D eigenvalue weighted by Gasteiger charge is 2.12. The van der Waals surface area contributed by atoms with Crippen molar-refractivity contribution in [3.05, 3.63) is 28.9 Å². The number of methoxy groups -OCH3 is 1. The molecular weight excluding hydrogens is 274 g/mol. The Morgan fingerprint density at radius 3 is 2.75 bits per heavy atom. The molecule has 1 aromatic heterocycles. The van der Waals surface area contributed by atoms with Gasteiger partial charge in [0.25, 0.3) is 0 Å². The third kappa shape index (κ3) is 3.10. The van der Waals surface area contributed by atoms with Gasteiger partial charge in [-0.3, -0.25) is 0 Å². The van der Waals surface area contributed by atoms with Crippen molar-refractivity contribution in [1.82, 2.24) is 4.57 Å². The summed E-state index contributed by atoms with van der Waals surface area (Å²) in [4.78, 5) is 0. The van der Waals surface area contributed by atoms with Crippen LogP contribution in [0.1, 0.15) is 31.7 Å². The maximum absolute atomic E-state index is 9.03. The first kappa shape index (κ1) is 15.2. The molecule has 2 rings (SSSR count). The third-order valence-corrected chi connectivity index (χ3v) is 3.89. The van der Waals surface area contributed by atoms with Crippen molar-refractivity contribution in [2.75, 3.05) is 13.7 Å². The van der Waals surface area contributed by atoms with Gasteiger partial charge in [0.2, 0.25) is 0 Å². The molecule has 0 bridgehead atoms. The van der Waals surface area contributed by atoms with Crippen molar-refractivity contribution in [2.45, 2.75) is 39.2 Å². The topological polar surface area (TPSA) is 34.4 Å². The van der Waals surface area contributed by atoms with E-state index in [2.05, 4.69) is 17.7 Å². The first-order valence-corrected chi connectivity index (χ1v) is 7.55. The van der Waals surface area contributed by atoms with Gasteiger partial charge in [-0.15, -0.1) is 0 Å². The van der Waals surface area contributed by atoms with E-state index in [-0.39, 0.29) is 6.61 Å². The van der Waals surface area contributed by atoms with E-state index < -0.39 is 0 Å². The quantitative estimate of drug-likeness (QED) is 0.837. The number of hydrogen-bond acceptors (Lipinski definition) is 2. The molecule has 0 amide bonds. The second kappa shape index (κ2) is 7.00. The number of hydrogen-bond donors (Lipinski definition) is 1. The van der Waals surface area contributed by atoms with Gasteiger partial charge in [-0.05, 0) is 37.0 Å². The fourth-order valence-corrected chi connectivity index (χ4v) is 2.75. The number of nitrogens with zero attached hydrogens (tertiary/aromatic N) is 1. The first-order chi connectivity index (χ1) is 9.71. The number of aliphatic hydroxyl groups excluding tert-OH is 1. The zero-order valence-corrected chi connectivity index (χ0v) is 12.9. The van der Waals surface area contributed by atoms with Crippen LogP contribution in [0, 0.1) is 0 Å². The van der Waals surface area contributed by atoms with Crippen molar-refractivity contribution in [1.29, 1.82) is 0 Å². The van der Waals surface area contributed by atoms with Crippen LogP contribution in [0.4, 0.5) is 0 Å². The molecule has 1 heterocycles. The lowest BCUT2D eigenvalue weighted by atomic mass is 10.1. The molecule has 0 aliphatic heterocycles. The molecule has 3 nitrogen and oxygen atoms in total. The Kier molecular flexibility index (Phi) is 5.32. The molecule has 110 valence electrons. The van der Waals surface area contributed by atoms with Crippen LogP contribution in [0.15, 0.2) is 18.3 Å². The number of unbranched alkanes of at least 4 members (excludes halogenated alkanes) is 1. The van der Waals surface area contributed by atoms with Gasteiger partial charge in [0, 0.05) is 24.7 Å². The molecule has 0 radical (unpaired) electrons. The number of benzene rings is 1. The van der Waals surface area contributed by atoms with E-state index in [1.807, 2.05) is 12.1 Å². The lowest BCUT2D eigenvalue weighted by Gasteiger charge is -2.07. The van der Waals surface area contributed by atoms with Crippen LogP contribution < -0.4 is 4.74 Å². The number of aromatic nitrogens is 1. The summed E-state index contributed by atoms with van der Waals surface area (Å²) in [5.74, 6) is 0.719. The minimum atomic E-state index is 0.202. The Balaban J connectivity index is 2.48. The van der Waals surface area contributed by atoms with E-state index in [1.165, 1.54) is 23.8 Å². The Morgan fingerprint density at radius 1 is 1.30 bits per heavy atom. The highest BCUT2D eigenvalue weighted by atomic mass is 35.5. The molecule has 4 heteroatoms. The molecule has 1 N–H and O–H groups in total. The standard InChI is InChI=1S/C16H22ClNO2/c1-3-4-6-12-11-18(7-5-8-19)15-10-14(17)16(20-2)9-13(12)15/h9-11,19H,3-8H2,1-2H3. The molecule has 0 aliphatic carbocycles. The molecule has 0 aliphatic rings. The van der Waals surface area contributed by atoms with Crippen molar-refractivity contribution in [3.63, 3.8) is 0 Å². The summed E-state index contributed by atoms with van der Waals surface area (Å²) in [5, 5.41) is 10.9. The van der Waals surface area contributed by atoms with Gasteiger partial charge in [-0.25, -0.2) is 0 Å². The van der Waals surface area contributed by atoms with Gasteiger partial charge in [0.1, 0.15) is 5.75 Å². The van der Waals surface area contributed by atoms with Crippen molar-refractivity contribution >= 4 is 22.5 Å². The summed E-state index contributed by atoms with van der Waals surface area (Å²) >= 11 is 6.24. The largest absolute Gasteiger partial charge is 0.495 e. The summed E-state index contributed by atoms with van der Waals surface area (Å²) in [6, 6.07) is 3.99. The van der Waals surface area contributed by atoms with E-state index in [4.69, 9.17) is 21.4 Å². The van der Waals surface area contributed by atoms with E-state index in [9.17, 15) is 0 Å². The lowest BCUT2D eigenvalue weighted by molar-refractivity contribution is 0.280. The number of halogens is 1. The number of fused-ring (bicyclic) bond motifs is 1. The predicted octanol–water partition coefficient (Wildman–Crippen LogP) is 4.03. The summed E-state index contributed by atoms with van der Waals surface area (Å²) in [7, 11) is 1.64. The summed E-state index contributed by atoms with van der Waals surface area (Å²) in [6.07, 6.45) is 6.34. The van der Waals surface area contributed by atoms with Crippen LogP contribution in [-0.4, -0.2) is 23.4 Å². The lowest BCUT2D eigenvalue weighted by Crippen LogP contribution is -1.98. The fourth-order valence-electron chi connectivity index (χ4n) is 2.51. The molecule has 0 spiro atoms.